The van der Waals surface area contributed by atoms with E-state index in [-0.39, 0.29) is 5.91 Å². The molecule has 1 amide bonds. The Morgan fingerprint density at radius 1 is 0.933 bits per heavy atom. The SMILES string of the molecule is O=C(N/N=C\c1ccsc1)c1ccc(COc2ccccc2-c2ccccc2)cc1. The molecule has 1 N–H and O–H groups in total. The summed E-state index contributed by atoms with van der Waals surface area (Å²) in [4.78, 5) is 12.2. The summed E-state index contributed by atoms with van der Waals surface area (Å²) in [5.74, 6) is 0.580. The van der Waals surface area contributed by atoms with Gasteiger partial charge in [-0.3, -0.25) is 4.79 Å². The third kappa shape index (κ3) is 5.01. The fourth-order valence-corrected chi connectivity index (χ4v) is 3.55. The van der Waals surface area contributed by atoms with Gasteiger partial charge in [0.1, 0.15) is 12.4 Å². The monoisotopic (exact) mass is 412 g/mol. The van der Waals surface area contributed by atoms with Gasteiger partial charge in [-0.1, -0.05) is 60.7 Å². The van der Waals surface area contributed by atoms with Crippen LogP contribution >= 0.6 is 11.3 Å². The highest BCUT2D eigenvalue weighted by Crippen LogP contribution is 2.30. The van der Waals surface area contributed by atoms with E-state index in [1.54, 1.807) is 29.7 Å². The standard InChI is InChI=1S/C25H20N2O2S/c28-25(27-26-16-20-14-15-30-18-20)22-12-10-19(11-13-22)17-29-24-9-5-4-8-23(24)21-6-2-1-3-7-21/h1-16,18H,17H2,(H,27,28)/b26-16-. The number of ether oxygens (including phenoxy) is 1. The molecule has 0 saturated carbocycles. The third-order valence-electron chi connectivity index (χ3n) is 4.51. The summed E-state index contributed by atoms with van der Waals surface area (Å²) < 4.78 is 6.06. The number of carbonyl (C=O) groups is 1. The summed E-state index contributed by atoms with van der Waals surface area (Å²) in [6.45, 7) is 0.419. The number of carbonyl (C=O) groups excluding carboxylic acids is 1. The molecule has 0 aliphatic carbocycles. The van der Waals surface area contributed by atoms with Crippen molar-refractivity contribution < 1.29 is 9.53 Å². The smallest absolute Gasteiger partial charge is 0.271 e. The maximum absolute atomic E-state index is 12.2. The van der Waals surface area contributed by atoms with Crippen molar-refractivity contribution >= 4 is 23.5 Å². The minimum absolute atomic E-state index is 0.247. The average molecular weight is 413 g/mol. The van der Waals surface area contributed by atoms with Gasteiger partial charge in [-0.25, -0.2) is 5.43 Å². The molecule has 0 atom stereocenters. The first-order valence-electron chi connectivity index (χ1n) is 9.51. The molecule has 5 heteroatoms. The lowest BCUT2D eigenvalue weighted by molar-refractivity contribution is 0.0955. The first kappa shape index (κ1) is 19.6. The second kappa shape index (κ2) is 9.67. The van der Waals surface area contributed by atoms with Crippen LogP contribution in [0.5, 0.6) is 5.75 Å². The summed E-state index contributed by atoms with van der Waals surface area (Å²) >= 11 is 1.58. The Morgan fingerprint density at radius 2 is 1.70 bits per heavy atom. The summed E-state index contributed by atoms with van der Waals surface area (Å²) in [7, 11) is 0. The molecule has 0 unspecified atom stereocenters. The topological polar surface area (TPSA) is 50.7 Å². The lowest BCUT2D eigenvalue weighted by atomic mass is 10.0. The van der Waals surface area contributed by atoms with Crippen molar-refractivity contribution in [1.29, 1.82) is 0 Å². The van der Waals surface area contributed by atoms with Crippen LogP contribution in [-0.2, 0) is 6.61 Å². The van der Waals surface area contributed by atoms with Gasteiger partial charge >= 0.3 is 0 Å². The zero-order chi connectivity index (χ0) is 20.6. The van der Waals surface area contributed by atoms with Crippen LogP contribution in [-0.4, -0.2) is 12.1 Å². The van der Waals surface area contributed by atoms with Crippen molar-refractivity contribution in [3.05, 3.63) is 112 Å². The highest BCUT2D eigenvalue weighted by Gasteiger charge is 2.07. The van der Waals surface area contributed by atoms with Crippen molar-refractivity contribution in [3.63, 3.8) is 0 Å². The van der Waals surface area contributed by atoms with Crippen LogP contribution in [0.3, 0.4) is 0 Å². The molecule has 0 aliphatic heterocycles. The molecule has 1 heterocycles. The van der Waals surface area contributed by atoms with Crippen molar-refractivity contribution in [1.82, 2.24) is 5.43 Å². The van der Waals surface area contributed by atoms with Gasteiger partial charge in [0.2, 0.25) is 0 Å². The number of hydrazone groups is 1. The molecule has 0 fully saturated rings. The number of para-hydroxylation sites is 1. The van der Waals surface area contributed by atoms with E-state index < -0.39 is 0 Å². The van der Waals surface area contributed by atoms with Crippen LogP contribution in [0.4, 0.5) is 0 Å². The molecule has 0 aliphatic rings. The number of hydrogen-bond donors (Lipinski definition) is 1. The Hall–Kier alpha value is -3.70. The van der Waals surface area contributed by atoms with E-state index in [4.69, 9.17) is 4.74 Å². The van der Waals surface area contributed by atoms with Crippen molar-refractivity contribution in [2.75, 3.05) is 0 Å². The molecule has 0 spiro atoms. The minimum Gasteiger partial charge on any atom is -0.488 e. The molecule has 0 radical (unpaired) electrons. The molecular weight excluding hydrogens is 392 g/mol. The Kier molecular flexibility index (Phi) is 6.32. The maximum atomic E-state index is 12.2. The van der Waals surface area contributed by atoms with Gasteiger partial charge in [-0.05, 0) is 46.2 Å². The van der Waals surface area contributed by atoms with Gasteiger partial charge in [0.15, 0.2) is 0 Å². The highest BCUT2D eigenvalue weighted by molar-refractivity contribution is 7.08. The second-order valence-electron chi connectivity index (χ2n) is 6.60. The van der Waals surface area contributed by atoms with Crippen LogP contribution < -0.4 is 10.2 Å². The van der Waals surface area contributed by atoms with Gasteiger partial charge in [0, 0.05) is 16.7 Å². The third-order valence-corrected chi connectivity index (χ3v) is 5.21. The van der Waals surface area contributed by atoms with Crippen LogP contribution in [0.2, 0.25) is 0 Å². The first-order chi connectivity index (χ1) is 14.8. The van der Waals surface area contributed by atoms with Crippen LogP contribution in [0.1, 0.15) is 21.5 Å². The number of nitrogens with zero attached hydrogens (tertiary/aromatic N) is 1. The van der Waals surface area contributed by atoms with Gasteiger partial charge < -0.3 is 4.74 Å². The fourth-order valence-electron chi connectivity index (χ4n) is 2.94. The van der Waals surface area contributed by atoms with E-state index in [1.165, 1.54) is 0 Å². The zero-order valence-corrected chi connectivity index (χ0v) is 17.0. The molecule has 1 aromatic heterocycles. The normalized spacial score (nSPS) is 10.8. The number of benzene rings is 3. The van der Waals surface area contributed by atoms with Gasteiger partial charge in [0.25, 0.3) is 5.91 Å². The largest absolute Gasteiger partial charge is 0.488 e. The summed E-state index contributed by atoms with van der Waals surface area (Å²) in [5.41, 5.74) is 7.20. The number of rotatable bonds is 7. The number of hydrogen-bond acceptors (Lipinski definition) is 4. The van der Waals surface area contributed by atoms with E-state index in [0.717, 1.165) is 28.0 Å². The highest BCUT2D eigenvalue weighted by atomic mass is 32.1. The van der Waals surface area contributed by atoms with Gasteiger partial charge in [-0.2, -0.15) is 16.4 Å². The Morgan fingerprint density at radius 3 is 2.47 bits per heavy atom. The molecular formula is C25H20N2O2S. The molecule has 148 valence electrons. The number of thiophene rings is 1. The molecule has 30 heavy (non-hydrogen) atoms. The lowest BCUT2D eigenvalue weighted by Crippen LogP contribution is -2.17. The molecule has 4 nitrogen and oxygen atoms in total. The maximum Gasteiger partial charge on any atom is 0.271 e. The predicted octanol–water partition coefficient (Wildman–Crippen LogP) is 5.76. The van der Waals surface area contributed by atoms with E-state index in [9.17, 15) is 4.79 Å². The fraction of sp³-hybridized carbons (Fsp3) is 0.0400. The zero-order valence-electron chi connectivity index (χ0n) is 16.2. The van der Waals surface area contributed by atoms with Crippen molar-refractivity contribution in [2.24, 2.45) is 5.10 Å². The Labute approximate surface area is 179 Å². The number of nitrogens with one attached hydrogen (secondary N) is 1. The first-order valence-corrected chi connectivity index (χ1v) is 10.5. The van der Waals surface area contributed by atoms with Crippen molar-refractivity contribution in [2.45, 2.75) is 6.61 Å². The summed E-state index contributed by atoms with van der Waals surface area (Å²) in [6, 6.07) is 27.4. The van der Waals surface area contributed by atoms with E-state index in [1.807, 2.05) is 65.4 Å². The quantitative estimate of drug-likeness (QED) is 0.310. The molecule has 0 saturated heterocycles. The van der Waals surface area contributed by atoms with Gasteiger partial charge in [-0.15, -0.1) is 0 Å². The predicted molar refractivity (Wildman–Crippen MR) is 122 cm³/mol. The molecule has 3 aromatic carbocycles. The molecule has 0 bridgehead atoms. The van der Waals surface area contributed by atoms with Gasteiger partial charge in [0.05, 0.1) is 6.21 Å². The Balaban J connectivity index is 1.37. The number of amides is 1. The van der Waals surface area contributed by atoms with Crippen molar-refractivity contribution in [3.8, 4) is 16.9 Å². The Bertz CT molecular complexity index is 1120. The second-order valence-corrected chi connectivity index (χ2v) is 7.38. The van der Waals surface area contributed by atoms with Crippen LogP contribution in [0.25, 0.3) is 11.1 Å². The molecule has 4 rings (SSSR count). The van der Waals surface area contributed by atoms with E-state index >= 15 is 0 Å². The average Bonchev–Trinajstić information content (AvgIpc) is 3.32. The summed E-state index contributed by atoms with van der Waals surface area (Å²) in [6.07, 6.45) is 1.63. The minimum atomic E-state index is -0.247. The van der Waals surface area contributed by atoms with Crippen LogP contribution in [0, 0.1) is 0 Å². The van der Waals surface area contributed by atoms with Crippen LogP contribution in [0.15, 0.2) is 101 Å². The summed E-state index contributed by atoms with van der Waals surface area (Å²) in [5, 5.41) is 7.90. The van der Waals surface area contributed by atoms with E-state index in [0.29, 0.717) is 12.2 Å². The molecule has 4 aromatic rings. The lowest BCUT2D eigenvalue weighted by Gasteiger charge is -2.12. The van der Waals surface area contributed by atoms with E-state index in [2.05, 4.69) is 28.7 Å².